The number of aromatic nitrogens is 2. The SMILES string of the molecule is CC[C@@](O)(C(=O)O)c1cc2n(c(=O)c1COC(C)=O)Cc1cc3ccccc3nc1-2. The topological polar surface area (TPSA) is 119 Å². The highest BCUT2D eigenvalue weighted by atomic mass is 16.5. The Morgan fingerprint density at radius 2 is 2.00 bits per heavy atom. The molecule has 0 fully saturated rings. The van der Waals surface area contributed by atoms with Gasteiger partial charge in [0.05, 0.1) is 29.0 Å². The molecule has 0 bridgehead atoms. The van der Waals surface area contributed by atoms with Gasteiger partial charge in [-0.3, -0.25) is 9.59 Å². The molecule has 0 saturated heterocycles. The molecular weight excluding hydrogens is 388 g/mol. The molecule has 30 heavy (non-hydrogen) atoms. The van der Waals surface area contributed by atoms with Gasteiger partial charge in [-0.2, -0.15) is 0 Å². The zero-order valence-electron chi connectivity index (χ0n) is 16.5. The van der Waals surface area contributed by atoms with E-state index in [1.807, 2.05) is 30.3 Å². The van der Waals surface area contributed by atoms with E-state index in [0.717, 1.165) is 16.5 Å². The van der Waals surface area contributed by atoms with Crippen molar-refractivity contribution >= 4 is 22.8 Å². The van der Waals surface area contributed by atoms with Crippen LogP contribution in [0.15, 0.2) is 41.2 Å². The number of nitrogens with zero attached hydrogens (tertiary/aromatic N) is 2. The van der Waals surface area contributed by atoms with Crippen molar-refractivity contribution in [2.24, 2.45) is 0 Å². The summed E-state index contributed by atoms with van der Waals surface area (Å²) < 4.78 is 6.47. The van der Waals surface area contributed by atoms with Crippen LogP contribution in [0.5, 0.6) is 0 Å². The van der Waals surface area contributed by atoms with E-state index >= 15 is 0 Å². The van der Waals surface area contributed by atoms with Gasteiger partial charge in [0.1, 0.15) is 6.61 Å². The number of esters is 1. The number of aliphatic hydroxyl groups is 1. The first-order valence-electron chi connectivity index (χ1n) is 9.51. The van der Waals surface area contributed by atoms with Crippen molar-refractivity contribution in [2.75, 3.05) is 0 Å². The third-order valence-corrected chi connectivity index (χ3v) is 5.51. The molecule has 154 valence electrons. The first-order chi connectivity index (χ1) is 14.3. The van der Waals surface area contributed by atoms with E-state index in [-0.39, 0.29) is 24.1 Å². The number of benzene rings is 1. The minimum absolute atomic E-state index is 0.0574. The summed E-state index contributed by atoms with van der Waals surface area (Å²) in [5.41, 5.74) is -0.410. The quantitative estimate of drug-likeness (QED) is 0.486. The van der Waals surface area contributed by atoms with Gasteiger partial charge in [-0.25, -0.2) is 9.78 Å². The van der Waals surface area contributed by atoms with E-state index < -0.39 is 29.7 Å². The van der Waals surface area contributed by atoms with Crippen LogP contribution in [-0.2, 0) is 33.1 Å². The van der Waals surface area contributed by atoms with Gasteiger partial charge in [-0.1, -0.05) is 25.1 Å². The molecule has 1 aromatic carbocycles. The maximum atomic E-state index is 13.3. The number of carboxylic acids is 1. The molecule has 1 atom stereocenters. The Morgan fingerprint density at radius 1 is 1.27 bits per heavy atom. The Hall–Kier alpha value is -3.52. The van der Waals surface area contributed by atoms with Crippen LogP contribution >= 0.6 is 0 Å². The molecular formula is C22H20N2O6. The average molecular weight is 408 g/mol. The van der Waals surface area contributed by atoms with E-state index in [9.17, 15) is 24.6 Å². The van der Waals surface area contributed by atoms with Crippen LogP contribution in [0.1, 0.15) is 37.0 Å². The molecule has 4 rings (SSSR count). The second-order valence-electron chi connectivity index (χ2n) is 7.30. The number of aliphatic carboxylic acids is 1. The van der Waals surface area contributed by atoms with Crippen LogP contribution < -0.4 is 5.56 Å². The smallest absolute Gasteiger partial charge is 0.340 e. The van der Waals surface area contributed by atoms with Crippen molar-refractivity contribution in [3.63, 3.8) is 0 Å². The van der Waals surface area contributed by atoms with Crippen LogP contribution in [0.4, 0.5) is 0 Å². The largest absolute Gasteiger partial charge is 0.479 e. The maximum Gasteiger partial charge on any atom is 0.340 e. The van der Waals surface area contributed by atoms with Gasteiger partial charge < -0.3 is 19.5 Å². The molecule has 3 heterocycles. The number of hydrogen-bond acceptors (Lipinski definition) is 6. The lowest BCUT2D eigenvalue weighted by molar-refractivity contribution is -0.160. The molecule has 0 saturated carbocycles. The first kappa shape index (κ1) is 19.8. The molecule has 0 unspecified atom stereocenters. The Kier molecular flexibility index (Phi) is 4.66. The van der Waals surface area contributed by atoms with Crippen LogP contribution in [0, 0.1) is 0 Å². The summed E-state index contributed by atoms with van der Waals surface area (Å²) >= 11 is 0. The number of carbonyl (C=O) groups excluding carboxylic acids is 1. The lowest BCUT2D eigenvalue weighted by Crippen LogP contribution is -2.39. The minimum Gasteiger partial charge on any atom is -0.479 e. The lowest BCUT2D eigenvalue weighted by atomic mass is 9.87. The van der Waals surface area contributed by atoms with Crippen molar-refractivity contribution in [1.29, 1.82) is 0 Å². The summed E-state index contributed by atoms with van der Waals surface area (Å²) in [7, 11) is 0. The minimum atomic E-state index is -2.30. The molecule has 1 aliphatic rings. The third kappa shape index (κ3) is 2.96. The highest BCUT2D eigenvalue weighted by Crippen LogP contribution is 2.36. The first-order valence-corrected chi connectivity index (χ1v) is 9.51. The summed E-state index contributed by atoms with van der Waals surface area (Å²) in [6.07, 6.45) is -0.170. The number of fused-ring (bicyclic) bond motifs is 4. The summed E-state index contributed by atoms with van der Waals surface area (Å²) in [6.45, 7) is 2.53. The Bertz CT molecular complexity index is 1260. The van der Waals surface area contributed by atoms with E-state index in [0.29, 0.717) is 11.4 Å². The molecule has 0 spiro atoms. The van der Waals surface area contributed by atoms with Gasteiger partial charge in [0.25, 0.3) is 5.56 Å². The zero-order valence-corrected chi connectivity index (χ0v) is 16.5. The normalized spacial score (nSPS) is 14.1. The number of para-hydroxylation sites is 1. The van der Waals surface area contributed by atoms with Crippen LogP contribution in [0.2, 0.25) is 0 Å². The van der Waals surface area contributed by atoms with Crippen molar-refractivity contribution in [2.45, 2.75) is 39.0 Å². The van der Waals surface area contributed by atoms with Crippen LogP contribution in [0.3, 0.4) is 0 Å². The van der Waals surface area contributed by atoms with Gasteiger partial charge in [0.15, 0.2) is 5.60 Å². The van der Waals surface area contributed by atoms with Gasteiger partial charge in [-0.05, 0) is 24.6 Å². The molecule has 0 radical (unpaired) electrons. The average Bonchev–Trinajstić information content (AvgIpc) is 3.08. The second kappa shape index (κ2) is 7.07. The number of hydrogen-bond donors (Lipinski definition) is 2. The highest BCUT2D eigenvalue weighted by molar-refractivity contribution is 5.85. The van der Waals surface area contributed by atoms with Crippen molar-refractivity contribution < 1.29 is 24.5 Å². The maximum absolute atomic E-state index is 13.3. The zero-order chi connectivity index (χ0) is 21.6. The Balaban J connectivity index is 1.99. The standard InChI is InChI=1S/C22H20N2O6/c1-3-22(29,21(27)28)16-9-18-19-14(8-13-6-4-5-7-17(13)23-19)10-24(18)20(26)15(16)11-30-12(2)25/h4-9,29H,3,10-11H2,1-2H3,(H,27,28)/t22-/m0/s1. The fourth-order valence-electron chi connectivity index (χ4n) is 3.85. The second-order valence-corrected chi connectivity index (χ2v) is 7.30. The van der Waals surface area contributed by atoms with Crippen molar-refractivity contribution in [3.05, 3.63) is 63.4 Å². The lowest BCUT2D eigenvalue weighted by Gasteiger charge is -2.25. The molecule has 8 nitrogen and oxygen atoms in total. The van der Waals surface area contributed by atoms with Crippen LogP contribution in [-0.4, -0.2) is 31.7 Å². The van der Waals surface area contributed by atoms with E-state index in [2.05, 4.69) is 4.98 Å². The number of pyridine rings is 2. The van der Waals surface area contributed by atoms with E-state index in [1.54, 1.807) is 0 Å². The van der Waals surface area contributed by atoms with Gasteiger partial charge in [-0.15, -0.1) is 0 Å². The number of carbonyl (C=O) groups is 2. The molecule has 0 aliphatic carbocycles. The van der Waals surface area contributed by atoms with Gasteiger partial charge >= 0.3 is 11.9 Å². The molecule has 3 aromatic rings. The number of ether oxygens (including phenoxy) is 1. The van der Waals surface area contributed by atoms with Crippen LogP contribution in [0.25, 0.3) is 22.3 Å². The van der Waals surface area contributed by atoms with E-state index in [1.165, 1.54) is 24.5 Å². The summed E-state index contributed by atoms with van der Waals surface area (Å²) in [5, 5.41) is 21.5. The summed E-state index contributed by atoms with van der Waals surface area (Å²) in [5.74, 6) is -2.10. The van der Waals surface area contributed by atoms with Crippen molar-refractivity contribution in [1.82, 2.24) is 9.55 Å². The Morgan fingerprint density at radius 3 is 2.67 bits per heavy atom. The fraction of sp³-hybridized carbons (Fsp3) is 0.273. The molecule has 8 heteroatoms. The van der Waals surface area contributed by atoms with Gasteiger partial charge in [0.2, 0.25) is 0 Å². The Labute approximate surface area is 171 Å². The fourth-order valence-corrected chi connectivity index (χ4v) is 3.85. The number of rotatable bonds is 5. The molecule has 1 aliphatic heterocycles. The summed E-state index contributed by atoms with van der Waals surface area (Å²) in [6, 6.07) is 11.0. The van der Waals surface area contributed by atoms with Gasteiger partial charge in [0, 0.05) is 23.4 Å². The molecule has 2 N–H and O–H groups in total. The predicted molar refractivity (Wildman–Crippen MR) is 108 cm³/mol. The molecule has 0 amide bonds. The predicted octanol–water partition coefficient (Wildman–Crippen LogP) is 2.17. The summed E-state index contributed by atoms with van der Waals surface area (Å²) in [4.78, 5) is 41.2. The monoisotopic (exact) mass is 408 g/mol. The third-order valence-electron chi connectivity index (χ3n) is 5.51. The highest BCUT2D eigenvalue weighted by Gasteiger charge is 2.41. The number of carboxylic acid groups (broad SMARTS) is 1. The van der Waals surface area contributed by atoms with E-state index in [4.69, 9.17) is 4.74 Å². The van der Waals surface area contributed by atoms with Crippen molar-refractivity contribution in [3.8, 4) is 11.4 Å². The molecule has 2 aromatic heterocycles.